The van der Waals surface area contributed by atoms with Gasteiger partial charge in [0.25, 0.3) is 5.91 Å². The van der Waals surface area contributed by atoms with Crippen LogP contribution < -0.4 is 15.4 Å². The number of aromatic nitrogens is 1. The molecule has 0 radical (unpaired) electrons. The molecule has 0 aliphatic carbocycles. The summed E-state index contributed by atoms with van der Waals surface area (Å²) in [5, 5.41) is 6.73. The molecule has 0 bridgehead atoms. The van der Waals surface area contributed by atoms with Gasteiger partial charge in [0.05, 0.1) is 10.6 Å². The Labute approximate surface area is 177 Å². The number of anilines is 1. The summed E-state index contributed by atoms with van der Waals surface area (Å²) in [7, 11) is 0. The molecule has 1 atom stereocenters. The number of nitrogens with zero attached hydrogens (tertiary/aromatic N) is 1. The van der Waals surface area contributed by atoms with Gasteiger partial charge in [-0.05, 0) is 62.0 Å². The predicted octanol–water partition coefficient (Wildman–Crippen LogP) is 4.81. The zero-order valence-corrected chi connectivity index (χ0v) is 17.7. The fourth-order valence-electron chi connectivity index (χ4n) is 3.49. The second-order valence-electron chi connectivity index (χ2n) is 7.23. The molecular formula is C21H27Cl2N3O2. The molecule has 0 spiro atoms. The third-order valence-electron chi connectivity index (χ3n) is 4.87. The Morgan fingerprint density at radius 3 is 2.57 bits per heavy atom. The molecule has 2 N–H and O–H groups in total. The van der Waals surface area contributed by atoms with Crippen LogP contribution in [0.1, 0.15) is 37.0 Å². The number of rotatable bonds is 6. The topological polar surface area (TPSA) is 63.2 Å². The molecule has 1 saturated heterocycles. The smallest absolute Gasteiger partial charge is 0.260 e. The minimum atomic E-state index is -0.242. The van der Waals surface area contributed by atoms with Crippen LogP contribution in [0.3, 0.4) is 0 Å². The SMILES string of the molecule is CC(C)C(Oc1ccccc1C(=O)Nc1ccc(Cl)cn1)C1CCNCC1.Cl. The summed E-state index contributed by atoms with van der Waals surface area (Å²) in [6, 6.07) is 10.7. The van der Waals surface area contributed by atoms with Crippen LogP contribution in [0.5, 0.6) is 5.75 Å². The van der Waals surface area contributed by atoms with E-state index in [9.17, 15) is 4.79 Å². The fraction of sp³-hybridized carbons (Fsp3) is 0.429. The molecule has 2 heterocycles. The van der Waals surface area contributed by atoms with Gasteiger partial charge in [-0.2, -0.15) is 0 Å². The molecule has 28 heavy (non-hydrogen) atoms. The number of piperidine rings is 1. The van der Waals surface area contributed by atoms with E-state index >= 15 is 0 Å². The van der Waals surface area contributed by atoms with E-state index < -0.39 is 0 Å². The Hall–Kier alpha value is -1.82. The molecule has 0 saturated carbocycles. The van der Waals surface area contributed by atoms with Gasteiger partial charge in [0.15, 0.2) is 0 Å². The van der Waals surface area contributed by atoms with Crippen molar-refractivity contribution in [1.82, 2.24) is 10.3 Å². The van der Waals surface area contributed by atoms with Crippen LogP contribution in [0, 0.1) is 11.8 Å². The van der Waals surface area contributed by atoms with Crippen LogP contribution >= 0.6 is 24.0 Å². The molecule has 1 aliphatic heterocycles. The number of carbonyl (C=O) groups excluding carboxylic acids is 1. The highest BCUT2D eigenvalue weighted by Crippen LogP contribution is 2.29. The average molecular weight is 424 g/mol. The van der Waals surface area contributed by atoms with Crippen LogP contribution in [-0.2, 0) is 0 Å². The zero-order valence-electron chi connectivity index (χ0n) is 16.2. The third kappa shape index (κ3) is 5.84. The Morgan fingerprint density at radius 1 is 1.21 bits per heavy atom. The number of para-hydroxylation sites is 1. The molecular weight excluding hydrogens is 397 g/mol. The van der Waals surface area contributed by atoms with E-state index in [4.69, 9.17) is 16.3 Å². The summed E-state index contributed by atoms with van der Waals surface area (Å²) in [5.74, 6) is 1.68. The largest absolute Gasteiger partial charge is 0.489 e. The fourth-order valence-corrected chi connectivity index (χ4v) is 3.60. The zero-order chi connectivity index (χ0) is 19.2. The number of benzene rings is 1. The van der Waals surface area contributed by atoms with Crippen molar-refractivity contribution in [2.75, 3.05) is 18.4 Å². The predicted molar refractivity (Wildman–Crippen MR) is 116 cm³/mol. The highest BCUT2D eigenvalue weighted by atomic mass is 35.5. The maximum Gasteiger partial charge on any atom is 0.260 e. The molecule has 5 nitrogen and oxygen atoms in total. The summed E-state index contributed by atoms with van der Waals surface area (Å²) < 4.78 is 6.39. The van der Waals surface area contributed by atoms with Crippen molar-refractivity contribution >= 4 is 35.7 Å². The number of carbonyl (C=O) groups is 1. The first-order valence-electron chi connectivity index (χ1n) is 9.44. The lowest BCUT2D eigenvalue weighted by Gasteiger charge is -2.34. The standard InChI is InChI=1S/C21H26ClN3O2.ClH/c1-14(2)20(15-9-11-23-12-10-15)27-18-6-4-3-5-17(18)21(26)25-19-8-7-16(22)13-24-19;/h3-8,13-15,20,23H,9-12H2,1-2H3,(H,24,25,26);1H. The summed E-state index contributed by atoms with van der Waals surface area (Å²) in [5.41, 5.74) is 0.508. The molecule has 1 amide bonds. The highest BCUT2D eigenvalue weighted by molar-refractivity contribution is 6.30. The number of halogens is 2. The van der Waals surface area contributed by atoms with Crippen LogP contribution in [0.15, 0.2) is 42.6 Å². The van der Waals surface area contributed by atoms with Crippen molar-refractivity contribution in [2.45, 2.75) is 32.8 Å². The normalized spacial score (nSPS) is 15.6. The first-order valence-corrected chi connectivity index (χ1v) is 9.81. The molecule has 3 rings (SSSR count). The van der Waals surface area contributed by atoms with E-state index in [0.29, 0.717) is 34.0 Å². The van der Waals surface area contributed by atoms with Gasteiger partial charge in [0.2, 0.25) is 0 Å². The van der Waals surface area contributed by atoms with Gasteiger partial charge in [0.1, 0.15) is 17.7 Å². The van der Waals surface area contributed by atoms with Gasteiger partial charge in [-0.1, -0.05) is 37.6 Å². The van der Waals surface area contributed by atoms with Gasteiger partial charge >= 0.3 is 0 Å². The molecule has 7 heteroatoms. The second-order valence-corrected chi connectivity index (χ2v) is 7.66. The van der Waals surface area contributed by atoms with Gasteiger partial charge in [-0.25, -0.2) is 4.98 Å². The third-order valence-corrected chi connectivity index (χ3v) is 5.09. The van der Waals surface area contributed by atoms with Crippen molar-refractivity contribution in [3.05, 3.63) is 53.2 Å². The van der Waals surface area contributed by atoms with E-state index in [1.54, 1.807) is 18.2 Å². The number of pyridine rings is 1. The first kappa shape index (κ1) is 22.5. The molecule has 1 aromatic carbocycles. The van der Waals surface area contributed by atoms with E-state index in [-0.39, 0.29) is 24.4 Å². The van der Waals surface area contributed by atoms with Gasteiger partial charge in [-0.15, -0.1) is 12.4 Å². The minimum Gasteiger partial charge on any atom is -0.489 e. The lowest BCUT2D eigenvalue weighted by atomic mass is 9.86. The number of ether oxygens (including phenoxy) is 1. The van der Waals surface area contributed by atoms with Crippen molar-refractivity contribution in [2.24, 2.45) is 11.8 Å². The number of hydrogen-bond acceptors (Lipinski definition) is 4. The summed E-state index contributed by atoms with van der Waals surface area (Å²) in [6.07, 6.45) is 3.76. The molecule has 1 aliphatic rings. The second kappa shape index (κ2) is 10.6. The molecule has 2 aromatic rings. The first-order chi connectivity index (χ1) is 13.0. The van der Waals surface area contributed by atoms with Crippen LogP contribution in [-0.4, -0.2) is 30.1 Å². The Bertz CT molecular complexity index is 763. The van der Waals surface area contributed by atoms with Gasteiger partial charge in [0, 0.05) is 6.20 Å². The lowest BCUT2D eigenvalue weighted by molar-refractivity contribution is 0.0703. The average Bonchev–Trinajstić information content (AvgIpc) is 2.68. The number of nitrogens with one attached hydrogen (secondary N) is 2. The number of amides is 1. The maximum absolute atomic E-state index is 12.8. The lowest BCUT2D eigenvalue weighted by Crippen LogP contribution is -2.39. The van der Waals surface area contributed by atoms with Crippen molar-refractivity contribution in [3.63, 3.8) is 0 Å². The van der Waals surface area contributed by atoms with E-state index in [0.717, 1.165) is 25.9 Å². The van der Waals surface area contributed by atoms with Gasteiger partial charge in [-0.3, -0.25) is 4.79 Å². The number of hydrogen-bond donors (Lipinski definition) is 2. The van der Waals surface area contributed by atoms with Crippen molar-refractivity contribution in [3.8, 4) is 5.75 Å². The summed E-state index contributed by atoms with van der Waals surface area (Å²) in [6.45, 7) is 6.38. The van der Waals surface area contributed by atoms with E-state index in [1.807, 2.05) is 18.2 Å². The van der Waals surface area contributed by atoms with Gasteiger partial charge < -0.3 is 15.4 Å². The molecule has 1 fully saturated rings. The van der Waals surface area contributed by atoms with Crippen LogP contribution in [0.25, 0.3) is 0 Å². The van der Waals surface area contributed by atoms with E-state index in [2.05, 4.69) is 29.5 Å². The minimum absolute atomic E-state index is 0. The quantitative estimate of drug-likeness (QED) is 0.699. The molecule has 152 valence electrons. The monoisotopic (exact) mass is 423 g/mol. The Balaban J connectivity index is 0.00000280. The molecule has 1 unspecified atom stereocenters. The van der Waals surface area contributed by atoms with Crippen LogP contribution in [0.4, 0.5) is 5.82 Å². The molecule has 1 aromatic heterocycles. The highest BCUT2D eigenvalue weighted by Gasteiger charge is 2.29. The summed E-state index contributed by atoms with van der Waals surface area (Å²) in [4.78, 5) is 16.9. The van der Waals surface area contributed by atoms with Crippen molar-refractivity contribution < 1.29 is 9.53 Å². The maximum atomic E-state index is 12.8. The van der Waals surface area contributed by atoms with Crippen molar-refractivity contribution in [1.29, 1.82) is 0 Å². The Morgan fingerprint density at radius 2 is 1.93 bits per heavy atom. The Kier molecular flexibility index (Phi) is 8.55. The summed E-state index contributed by atoms with van der Waals surface area (Å²) >= 11 is 5.85. The van der Waals surface area contributed by atoms with E-state index in [1.165, 1.54) is 6.20 Å². The van der Waals surface area contributed by atoms with Crippen LogP contribution in [0.2, 0.25) is 5.02 Å².